The molecule has 10 heteroatoms. The first-order valence-corrected chi connectivity index (χ1v) is 10.5. The fourth-order valence-corrected chi connectivity index (χ4v) is 3.75. The second-order valence-electron chi connectivity index (χ2n) is 8.81. The molecule has 0 bridgehead atoms. The Morgan fingerprint density at radius 3 is 2.69 bits per heavy atom. The van der Waals surface area contributed by atoms with Crippen molar-refractivity contribution in [3.05, 3.63) is 42.0 Å². The highest BCUT2D eigenvalue weighted by atomic mass is 19.3. The molecule has 3 heterocycles. The Morgan fingerprint density at radius 2 is 1.97 bits per heavy atom. The smallest absolute Gasteiger partial charge is 0.410 e. The number of anilines is 1. The second kappa shape index (κ2) is 8.33. The zero-order valence-corrected chi connectivity index (χ0v) is 18.5. The minimum atomic E-state index is -2.76. The van der Waals surface area contributed by atoms with Crippen LogP contribution in [0, 0.1) is 6.92 Å². The van der Waals surface area contributed by atoms with Gasteiger partial charge in [-0.05, 0) is 46.2 Å². The normalized spacial score (nSPS) is 16.7. The number of aryl methyl sites for hydroxylation is 1. The number of alkyl halides is 2. The number of benzene rings is 1. The second-order valence-corrected chi connectivity index (χ2v) is 8.81. The summed E-state index contributed by atoms with van der Waals surface area (Å²) < 4.78 is 34.2. The van der Waals surface area contributed by atoms with Crippen LogP contribution in [0.1, 0.15) is 45.3 Å². The number of para-hydroxylation sites is 2. The maximum Gasteiger partial charge on any atom is 0.410 e. The largest absolute Gasteiger partial charge is 0.444 e. The van der Waals surface area contributed by atoms with E-state index in [-0.39, 0.29) is 18.0 Å². The zero-order valence-electron chi connectivity index (χ0n) is 18.5. The highest BCUT2D eigenvalue weighted by molar-refractivity contribution is 5.78. The molecule has 0 aliphatic carbocycles. The van der Waals surface area contributed by atoms with E-state index in [0.717, 1.165) is 0 Å². The number of nitrogens with zero attached hydrogens (tertiary/aromatic N) is 5. The molecule has 1 aliphatic heterocycles. The van der Waals surface area contributed by atoms with E-state index in [0.29, 0.717) is 48.0 Å². The van der Waals surface area contributed by atoms with Crippen LogP contribution in [0.15, 0.2) is 30.3 Å². The van der Waals surface area contributed by atoms with Crippen LogP contribution in [0.4, 0.5) is 19.4 Å². The van der Waals surface area contributed by atoms with Crippen molar-refractivity contribution in [1.82, 2.24) is 24.4 Å². The molecule has 0 radical (unpaired) electrons. The summed E-state index contributed by atoms with van der Waals surface area (Å²) in [6.45, 7) is 8.21. The van der Waals surface area contributed by atoms with Crippen LogP contribution in [0.3, 0.4) is 0 Å². The third-order valence-corrected chi connectivity index (χ3v) is 5.03. The van der Waals surface area contributed by atoms with Gasteiger partial charge in [0.1, 0.15) is 23.1 Å². The maximum atomic E-state index is 13.7. The third kappa shape index (κ3) is 4.63. The summed E-state index contributed by atoms with van der Waals surface area (Å²) in [6.07, 6.45) is -2.40. The number of carbonyl (C=O) groups is 1. The molecular formula is C22H26F2N6O2. The number of fused-ring (bicyclic) bond motifs is 1. The number of carbonyl (C=O) groups excluding carboxylic acids is 1. The number of halogens is 2. The van der Waals surface area contributed by atoms with Crippen molar-refractivity contribution >= 4 is 22.9 Å². The van der Waals surface area contributed by atoms with Crippen LogP contribution in [0.25, 0.3) is 16.9 Å². The van der Waals surface area contributed by atoms with E-state index >= 15 is 0 Å². The Bertz CT molecular complexity index is 1140. The van der Waals surface area contributed by atoms with Gasteiger partial charge in [-0.2, -0.15) is 0 Å². The molecule has 32 heavy (non-hydrogen) atoms. The van der Waals surface area contributed by atoms with Gasteiger partial charge in [0.2, 0.25) is 0 Å². The molecule has 1 saturated heterocycles. The Morgan fingerprint density at radius 1 is 1.22 bits per heavy atom. The topological polar surface area (TPSA) is 85.2 Å². The lowest BCUT2D eigenvalue weighted by molar-refractivity contribution is 0.0293. The minimum absolute atomic E-state index is 0.0428. The van der Waals surface area contributed by atoms with Gasteiger partial charge in [0, 0.05) is 25.2 Å². The number of likely N-dealkylation sites (tertiary alicyclic amines) is 1. The molecule has 0 unspecified atom stereocenters. The van der Waals surface area contributed by atoms with Gasteiger partial charge in [-0.1, -0.05) is 12.1 Å². The number of hydrogen-bond acceptors (Lipinski definition) is 6. The lowest BCUT2D eigenvalue weighted by atomic mass is 10.2. The summed E-state index contributed by atoms with van der Waals surface area (Å²) in [5, 5.41) is 3.31. The number of ether oxygens (including phenoxy) is 1. The van der Waals surface area contributed by atoms with Crippen molar-refractivity contribution in [3.63, 3.8) is 0 Å². The quantitative estimate of drug-likeness (QED) is 0.639. The number of imidazole rings is 1. The van der Waals surface area contributed by atoms with Crippen LogP contribution in [0.5, 0.6) is 0 Å². The molecule has 8 nitrogen and oxygen atoms in total. The van der Waals surface area contributed by atoms with Crippen LogP contribution < -0.4 is 5.32 Å². The maximum absolute atomic E-state index is 13.7. The predicted octanol–water partition coefficient (Wildman–Crippen LogP) is 4.48. The average molecular weight is 444 g/mol. The molecule has 3 aromatic rings. The summed E-state index contributed by atoms with van der Waals surface area (Å²) >= 11 is 0. The number of nitrogens with one attached hydrogen (secondary N) is 1. The number of amides is 1. The summed E-state index contributed by atoms with van der Waals surface area (Å²) in [5.41, 5.74) is 0.457. The lowest BCUT2D eigenvalue weighted by Gasteiger charge is -2.24. The average Bonchev–Trinajstić information content (AvgIpc) is 3.31. The molecule has 1 atom stereocenters. The zero-order chi connectivity index (χ0) is 23.0. The van der Waals surface area contributed by atoms with Crippen LogP contribution in [-0.2, 0) is 4.74 Å². The summed E-state index contributed by atoms with van der Waals surface area (Å²) in [4.78, 5) is 26.8. The molecule has 1 aliphatic rings. The van der Waals surface area contributed by atoms with Crippen molar-refractivity contribution in [2.45, 2.75) is 52.2 Å². The van der Waals surface area contributed by atoms with Gasteiger partial charge in [-0.15, -0.1) is 0 Å². The van der Waals surface area contributed by atoms with Gasteiger partial charge in [-0.25, -0.2) is 28.5 Å². The first-order valence-electron chi connectivity index (χ1n) is 10.5. The van der Waals surface area contributed by atoms with Crippen molar-refractivity contribution in [3.8, 4) is 5.82 Å². The molecule has 1 amide bonds. The van der Waals surface area contributed by atoms with Crippen LogP contribution in [-0.4, -0.2) is 55.2 Å². The first kappa shape index (κ1) is 21.9. The van der Waals surface area contributed by atoms with Gasteiger partial charge in [0.05, 0.1) is 11.0 Å². The minimum Gasteiger partial charge on any atom is -0.444 e. The summed E-state index contributed by atoms with van der Waals surface area (Å²) in [7, 11) is 0. The molecule has 0 saturated carbocycles. The number of rotatable bonds is 4. The predicted molar refractivity (Wildman–Crippen MR) is 116 cm³/mol. The van der Waals surface area contributed by atoms with Crippen molar-refractivity contribution in [1.29, 1.82) is 0 Å². The first-order chi connectivity index (χ1) is 15.1. The molecule has 2 aromatic heterocycles. The molecule has 1 aromatic carbocycles. The SMILES string of the molecule is Cc1nc(N[C@H]2CCN(C(=O)OC(C)(C)C)C2)cc(-n2c(C(F)F)nc3ccccc32)n1. The molecule has 0 spiro atoms. The van der Waals surface area contributed by atoms with Gasteiger partial charge < -0.3 is 15.0 Å². The Hall–Kier alpha value is -3.30. The molecule has 170 valence electrons. The van der Waals surface area contributed by atoms with E-state index in [2.05, 4.69) is 20.3 Å². The van der Waals surface area contributed by atoms with Gasteiger partial charge in [-0.3, -0.25) is 4.57 Å². The number of hydrogen-bond donors (Lipinski definition) is 1. The fourth-order valence-electron chi connectivity index (χ4n) is 3.75. The van der Waals surface area contributed by atoms with Crippen LogP contribution >= 0.6 is 0 Å². The van der Waals surface area contributed by atoms with Crippen LogP contribution in [0.2, 0.25) is 0 Å². The monoisotopic (exact) mass is 444 g/mol. The Kier molecular flexibility index (Phi) is 5.70. The standard InChI is InChI=1S/C22H26F2N6O2/c1-13-25-17(27-14-9-10-29(12-14)21(31)32-22(2,3)4)11-18(26-13)30-16-8-6-5-7-15(16)28-20(30)19(23)24/h5-8,11,14,19H,9-10,12H2,1-4H3,(H,25,26,27)/t14-/m0/s1. The van der Waals surface area contributed by atoms with Gasteiger partial charge in [0.15, 0.2) is 5.82 Å². The molecule has 1 fully saturated rings. The fraction of sp³-hybridized carbons (Fsp3) is 0.455. The summed E-state index contributed by atoms with van der Waals surface area (Å²) in [5.74, 6) is 0.879. The summed E-state index contributed by atoms with van der Waals surface area (Å²) in [6, 6.07) is 8.53. The van der Waals surface area contributed by atoms with E-state index in [1.807, 2.05) is 20.8 Å². The molecular weight excluding hydrogens is 418 g/mol. The molecule has 1 N–H and O–H groups in total. The third-order valence-electron chi connectivity index (χ3n) is 5.03. The van der Waals surface area contributed by atoms with E-state index < -0.39 is 12.0 Å². The van der Waals surface area contributed by atoms with E-state index in [1.165, 1.54) is 4.57 Å². The highest BCUT2D eigenvalue weighted by Gasteiger charge is 2.30. The van der Waals surface area contributed by atoms with Crippen molar-refractivity contribution in [2.75, 3.05) is 18.4 Å². The van der Waals surface area contributed by atoms with Crippen molar-refractivity contribution < 1.29 is 18.3 Å². The number of aromatic nitrogens is 4. The van der Waals surface area contributed by atoms with Gasteiger partial charge >= 0.3 is 6.09 Å². The highest BCUT2D eigenvalue weighted by Crippen LogP contribution is 2.28. The van der Waals surface area contributed by atoms with E-state index in [9.17, 15) is 13.6 Å². The van der Waals surface area contributed by atoms with Gasteiger partial charge in [0.25, 0.3) is 6.43 Å². The van der Waals surface area contributed by atoms with E-state index in [4.69, 9.17) is 4.74 Å². The lowest BCUT2D eigenvalue weighted by Crippen LogP contribution is -2.36. The Balaban J connectivity index is 1.58. The molecule has 4 rings (SSSR count). The van der Waals surface area contributed by atoms with E-state index in [1.54, 1.807) is 42.2 Å². The van der Waals surface area contributed by atoms with Crippen molar-refractivity contribution in [2.24, 2.45) is 0 Å². The Labute approximate surface area is 184 Å².